The lowest BCUT2D eigenvalue weighted by Gasteiger charge is -2.19. The first-order valence-electron chi connectivity index (χ1n) is 8.32. The summed E-state index contributed by atoms with van der Waals surface area (Å²) >= 11 is 0. The molecule has 0 heterocycles. The zero-order valence-corrected chi connectivity index (χ0v) is 15.5. The Bertz CT molecular complexity index is 786. The zero-order chi connectivity index (χ0) is 19.2. The van der Waals surface area contributed by atoms with E-state index in [1.54, 1.807) is 37.5 Å². The van der Waals surface area contributed by atoms with Gasteiger partial charge >= 0.3 is 0 Å². The number of amides is 2. The molecule has 2 N–H and O–H groups in total. The molecule has 0 aliphatic rings. The van der Waals surface area contributed by atoms with Crippen molar-refractivity contribution in [2.75, 3.05) is 7.11 Å². The fourth-order valence-corrected chi connectivity index (χ4v) is 2.24. The van der Waals surface area contributed by atoms with Crippen LogP contribution in [0.5, 0.6) is 5.75 Å². The van der Waals surface area contributed by atoms with Crippen LogP contribution in [0.3, 0.4) is 0 Å². The third-order valence-electron chi connectivity index (χ3n) is 3.86. The van der Waals surface area contributed by atoms with E-state index in [0.29, 0.717) is 5.56 Å². The lowest BCUT2D eigenvalue weighted by Crippen LogP contribution is -2.40. The summed E-state index contributed by atoms with van der Waals surface area (Å²) in [4.78, 5) is 23.9. The van der Waals surface area contributed by atoms with Crippen LogP contribution in [-0.4, -0.2) is 18.9 Å². The number of carbonyl (C=O) groups is 2. The van der Waals surface area contributed by atoms with Crippen molar-refractivity contribution in [1.29, 1.82) is 0 Å². The van der Waals surface area contributed by atoms with Crippen LogP contribution in [0.2, 0.25) is 0 Å². The fourth-order valence-electron chi connectivity index (χ4n) is 2.24. The predicted molar refractivity (Wildman–Crippen MR) is 103 cm³/mol. The van der Waals surface area contributed by atoms with Crippen LogP contribution in [-0.2, 0) is 10.2 Å². The number of hydrazine groups is 1. The summed E-state index contributed by atoms with van der Waals surface area (Å²) in [5, 5.41) is 0. The van der Waals surface area contributed by atoms with Crippen LogP contribution >= 0.6 is 0 Å². The van der Waals surface area contributed by atoms with Gasteiger partial charge in [0.05, 0.1) is 7.11 Å². The predicted octanol–water partition coefficient (Wildman–Crippen LogP) is 3.47. The molecule has 2 amide bonds. The van der Waals surface area contributed by atoms with Gasteiger partial charge in [-0.3, -0.25) is 20.4 Å². The van der Waals surface area contributed by atoms with Gasteiger partial charge < -0.3 is 4.74 Å². The maximum atomic E-state index is 12.1. The Morgan fingerprint density at radius 2 is 1.54 bits per heavy atom. The summed E-state index contributed by atoms with van der Waals surface area (Å²) in [6, 6.07) is 14.6. The van der Waals surface area contributed by atoms with Gasteiger partial charge in [-0.1, -0.05) is 45.0 Å². The Morgan fingerprint density at radius 1 is 0.923 bits per heavy atom. The highest BCUT2D eigenvalue weighted by Gasteiger charge is 2.14. The lowest BCUT2D eigenvalue weighted by atomic mass is 9.87. The molecule has 0 saturated heterocycles. The molecule has 0 saturated carbocycles. The standard InChI is InChI=1S/C21H24N2O3/c1-21(2,3)17-10-8-16(9-11-17)20(25)23-22-19(24)14-7-15-5-12-18(26-4)13-6-15/h5-14H,1-4H3,(H,22,24)(H,23,25)/b14-7+. The first-order valence-corrected chi connectivity index (χ1v) is 8.32. The van der Waals surface area contributed by atoms with E-state index in [1.807, 2.05) is 24.3 Å². The van der Waals surface area contributed by atoms with Gasteiger partial charge in [-0.15, -0.1) is 0 Å². The SMILES string of the molecule is COc1ccc(/C=C/C(=O)NNC(=O)c2ccc(C(C)(C)C)cc2)cc1. The Morgan fingerprint density at radius 3 is 2.08 bits per heavy atom. The van der Waals surface area contributed by atoms with Gasteiger partial charge in [-0.2, -0.15) is 0 Å². The highest BCUT2D eigenvalue weighted by atomic mass is 16.5. The van der Waals surface area contributed by atoms with Crippen LogP contribution in [0.15, 0.2) is 54.6 Å². The quantitative estimate of drug-likeness (QED) is 0.654. The maximum absolute atomic E-state index is 12.1. The molecule has 5 heteroatoms. The Balaban J connectivity index is 1.87. The van der Waals surface area contributed by atoms with Gasteiger partial charge in [0.2, 0.25) is 0 Å². The summed E-state index contributed by atoms with van der Waals surface area (Å²) < 4.78 is 5.08. The molecule has 5 nitrogen and oxygen atoms in total. The number of hydrogen-bond donors (Lipinski definition) is 2. The van der Waals surface area contributed by atoms with Crippen molar-refractivity contribution < 1.29 is 14.3 Å². The molecule has 26 heavy (non-hydrogen) atoms. The second kappa shape index (κ2) is 8.34. The Labute approximate surface area is 154 Å². The number of carbonyl (C=O) groups excluding carboxylic acids is 2. The van der Waals surface area contributed by atoms with E-state index in [0.717, 1.165) is 16.9 Å². The van der Waals surface area contributed by atoms with Crippen LogP contribution in [0, 0.1) is 0 Å². The second-order valence-corrected chi connectivity index (χ2v) is 6.88. The third kappa shape index (κ3) is 5.48. The topological polar surface area (TPSA) is 67.4 Å². The van der Waals surface area contributed by atoms with Crippen molar-refractivity contribution in [3.8, 4) is 5.75 Å². The molecular weight excluding hydrogens is 328 g/mol. The largest absolute Gasteiger partial charge is 0.497 e. The highest BCUT2D eigenvalue weighted by Crippen LogP contribution is 2.22. The van der Waals surface area contributed by atoms with Crippen LogP contribution < -0.4 is 15.6 Å². The molecule has 2 rings (SSSR count). The van der Waals surface area contributed by atoms with Gasteiger partial charge in [0.1, 0.15) is 5.75 Å². The summed E-state index contributed by atoms with van der Waals surface area (Å²) in [6.07, 6.45) is 3.00. The molecule has 0 fully saturated rings. The van der Waals surface area contributed by atoms with E-state index in [1.165, 1.54) is 6.08 Å². The lowest BCUT2D eigenvalue weighted by molar-refractivity contribution is -0.117. The minimum absolute atomic E-state index is 0.0233. The number of ether oxygens (including phenoxy) is 1. The first kappa shape index (κ1) is 19.2. The van der Waals surface area contributed by atoms with Crippen molar-refractivity contribution in [3.05, 3.63) is 71.3 Å². The van der Waals surface area contributed by atoms with E-state index in [-0.39, 0.29) is 11.3 Å². The minimum atomic E-state index is -0.416. The van der Waals surface area contributed by atoms with Crippen molar-refractivity contribution in [2.45, 2.75) is 26.2 Å². The molecule has 136 valence electrons. The molecule has 0 bridgehead atoms. The molecule has 2 aromatic rings. The van der Waals surface area contributed by atoms with Gasteiger partial charge in [0.15, 0.2) is 0 Å². The van der Waals surface area contributed by atoms with Crippen LogP contribution in [0.4, 0.5) is 0 Å². The van der Waals surface area contributed by atoms with E-state index < -0.39 is 5.91 Å². The van der Waals surface area contributed by atoms with Gasteiger partial charge in [-0.05, 0) is 46.9 Å². The fraction of sp³-hybridized carbons (Fsp3) is 0.238. The van der Waals surface area contributed by atoms with E-state index in [9.17, 15) is 9.59 Å². The number of benzene rings is 2. The number of hydrogen-bond acceptors (Lipinski definition) is 3. The average molecular weight is 352 g/mol. The molecular formula is C21H24N2O3. The maximum Gasteiger partial charge on any atom is 0.269 e. The van der Waals surface area contributed by atoms with Crippen molar-refractivity contribution in [3.63, 3.8) is 0 Å². The monoisotopic (exact) mass is 352 g/mol. The Hall–Kier alpha value is -3.08. The molecule has 2 aromatic carbocycles. The van der Waals surface area contributed by atoms with E-state index in [2.05, 4.69) is 31.6 Å². The summed E-state index contributed by atoms with van der Waals surface area (Å²) in [6.45, 7) is 6.33. The van der Waals surface area contributed by atoms with E-state index in [4.69, 9.17) is 4.74 Å². The molecule has 0 atom stereocenters. The van der Waals surface area contributed by atoms with Crippen molar-refractivity contribution in [2.24, 2.45) is 0 Å². The van der Waals surface area contributed by atoms with Crippen LogP contribution in [0.1, 0.15) is 42.3 Å². The molecule has 0 radical (unpaired) electrons. The second-order valence-electron chi connectivity index (χ2n) is 6.88. The van der Waals surface area contributed by atoms with E-state index >= 15 is 0 Å². The molecule has 0 unspecified atom stereocenters. The molecule has 0 aromatic heterocycles. The van der Waals surface area contributed by atoms with Crippen molar-refractivity contribution in [1.82, 2.24) is 10.9 Å². The Kier molecular flexibility index (Phi) is 6.17. The first-order chi connectivity index (χ1) is 12.3. The average Bonchev–Trinajstić information content (AvgIpc) is 2.64. The van der Waals surface area contributed by atoms with Crippen LogP contribution in [0.25, 0.3) is 6.08 Å². The molecule has 0 aliphatic carbocycles. The smallest absolute Gasteiger partial charge is 0.269 e. The number of nitrogens with one attached hydrogen (secondary N) is 2. The molecule has 0 aliphatic heterocycles. The van der Waals surface area contributed by atoms with Gasteiger partial charge in [0.25, 0.3) is 11.8 Å². The highest BCUT2D eigenvalue weighted by molar-refractivity contribution is 5.97. The van der Waals surface area contributed by atoms with Crippen molar-refractivity contribution >= 4 is 17.9 Å². The summed E-state index contributed by atoms with van der Waals surface area (Å²) in [5.74, 6) is -0.0338. The van der Waals surface area contributed by atoms with Gasteiger partial charge in [-0.25, -0.2) is 0 Å². The van der Waals surface area contributed by atoms with Gasteiger partial charge in [0, 0.05) is 11.6 Å². The third-order valence-corrected chi connectivity index (χ3v) is 3.86. The summed E-state index contributed by atoms with van der Waals surface area (Å²) in [7, 11) is 1.59. The normalized spacial score (nSPS) is 11.2. The summed E-state index contributed by atoms with van der Waals surface area (Å²) in [5.41, 5.74) is 7.27. The minimum Gasteiger partial charge on any atom is -0.497 e. The number of methoxy groups -OCH3 is 1. The zero-order valence-electron chi connectivity index (χ0n) is 15.5. The molecule has 0 spiro atoms. The number of rotatable bonds is 4.